The summed E-state index contributed by atoms with van der Waals surface area (Å²) in [4.78, 5) is 25.5. The summed E-state index contributed by atoms with van der Waals surface area (Å²) in [7, 11) is 1.41. The molecule has 94 valence electrons. The van der Waals surface area contributed by atoms with E-state index in [1.807, 2.05) is 4.90 Å². The highest BCUT2D eigenvalue weighted by atomic mass is 16.5. The van der Waals surface area contributed by atoms with Crippen LogP contribution in [0.4, 0.5) is 0 Å². The predicted octanol–water partition coefficient (Wildman–Crippen LogP) is 1.36. The maximum atomic E-state index is 12.2. The molecule has 1 aliphatic heterocycles. The van der Waals surface area contributed by atoms with Crippen molar-refractivity contribution in [3.05, 3.63) is 12.2 Å². The van der Waals surface area contributed by atoms with E-state index in [1.165, 1.54) is 7.11 Å². The van der Waals surface area contributed by atoms with Crippen molar-refractivity contribution in [1.29, 1.82) is 0 Å². The fraction of sp³-hybridized carbons (Fsp3) is 0.692. The third kappa shape index (κ3) is 2.68. The zero-order valence-corrected chi connectivity index (χ0v) is 10.2. The summed E-state index contributed by atoms with van der Waals surface area (Å²) in [6, 6.07) is 0. The lowest BCUT2D eigenvalue weighted by Gasteiger charge is -2.33. The first kappa shape index (κ1) is 12.1. The molecule has 17 heavy (non-hydrogen) atoms. The Labute approximate surface area is 102 Å². The first-order valence-electron chi connectivity index (χ1n) is 6.24. The van der Waals surface area contributed by atoms with E-state index in [0.717, 1.165) is 32.2 Å². The van der Waals surface area contributed by atoms with Gasteiger partial charge in [-0.1, -0.05) is 12.2 Å². The standard InChI is InChI=1S/C13H19NO3/c1-17-13(16)11-7-4-8-14(9-11)12(15)10-5-2-3-6-10/h2-3,10-11H,4-9H2,1H3. The van der Waals surface area contributed by atoms with Gasteiger partial charge < -0.3 is 9.64 Å². The van der Waals surface area contributed by atoms with E-state index in [1.54, 1.807) is 0 Å². The van der Waals surface area contributed by atoms with Gasteiger partial charge in [0.1, 0.15) is 0 Å². The number of piperidine rings is 1. The van der Waals surface area contributed by atoms with Crippen LogP contribution in [0.1, 0.15) is 25.7 Å². The Kier molecular flexibility index (Phi) is 3.82. The van der Waals surface area contributed by atoms with Crippen LogP contribution in [-0.4, -0.2) is 37.0 Å². The van der Waals surface area contributed by atoms with Crippen molar-refractivity contribution >= 4 is 11.9 Å². The summed E-state index contributed by atoms with van der Waals surface area (Å²) in [5.74, 6) is -0.0193. The molecule has 1 aliphatic carbocycles. The van der Waals surface area contributed by atoms with E-state index >= 15 is 0 Å². The number of methoxy groups -OCH3 is 1. The van der Waals surface area contributed by atoms with Crippen molar-refractivity contribution in [1.82, 2.24) is 4.90 Å². The number of esters is 1. The monoisotopic (exact) mass is 237 g/mol. The molecule has 0 aromatic carbocycles. The van der Waals surface area contributed by atoms with E-state index < -0.39 is 0 Å². The molecule has 1 heterocycles. The van der Waals surface area contributed by atoms with Crippen LogP contribution >= 0.6 is 0 Å². The van der Waals surface area contributed by atoms with Gasteiger partial charge in [-0.3, -0.25) is 9.59 Å². The van der Waals surface area contributed by atoms with Gasteiger partial charge in [-0.25, -0.2) is 0 Å². The van der Waals surface area contributed by atoms with E-state index in [9.17, 15) is 9.59 Å². The second-order valence-corrected chi connectivity index (χ2v) is 4.79. The summed E-state index contributed by atoms with van der Waals surface area (Å²) < 4.78 is 4.75. The summed E-state index contributed by atoms with van der Waals surface area (Å²) >= 11 is 0. The van der Waals surface area contributed by atoms with Gasteiger partial charge in [0.25, 0.3) is 0 Å². The molecule has 0 bridgehead atoms. The molecule has 0 aromatic rings. The molecular weight excluding hydrogens is 218 g/mol. The van der Waals surface area contributed by atoms with Crippen molar-refractivity contribution < 1.29 is 14.3 Å². The molecular formula is C13H19NO3. The van der Waals surface area contributed by atoms with Crippen LogP contribution in [0.15, 0.2) is 12.2 Å². The first-order valence-corrected chi connectivity index (χ1v) is 6.24. The number of nitrogens with zero attached hydrogens (tertiary/aromatic N) is 1. The topological polar surface area (TPSA) is 46.6 Å². The van der Waals surface area contributed by atoms with E-state index in [-0.39, 0.29) is 23.7 Å². The first-order chi connectivity index (χ1) is 8.22. The molecule has 2 aliphatic rings. The number of amides is 1. The average molecular weight is 237 g/mol. The maximum Gasteiger partial charge on any atom is 0.310 e. The van der Waals surface area contributed by atoms with E-state index in [0.29, 0.717) is 6.54 Å². The number of allylic oxidation sites excluding steroid dienone is 2. The molecule has 4 nitrogen and oxygen atoms in total. The highest BCUT2D eigenvalue weighted by Gasteiger charge is 2.32. The second kappa shape index (κ2) is 5.34. The number of carbonyl (C=O) groups excluding carboxylic acids is 2. The van der Waals surface area contributed by atoms with Crippen LogP contribution in [0.2, 0.25) is 0 Å². The van der Waals surface area contributed by atoms with Gasteiger partial charge in [0.15, 0.2) is 0 Å². The number of hydrogen-bond acceptors (Lipinski definition) is 3. The van der Waals surface area contributed by atoms with Crippen molar-refractivity contribution in [3.8, 4) is 0 Å². The highest BCUT2D eigenvalue weighted by Crippen LogP contribution is 2.24. The molecule has 2 rings (SSSR count). The van der Waals surface area contributed by atoms with E-state index in [2.05, 4.69) is 12.2 Å². The maximum absolute atomic E-state index is 12.2. The SMILES string of the molecule is COC(=O)C1CCCN(C(=O)C2CC=CC2)C1. The Bertz CT molecular complexity index is 330. The lowest BCUT2D eigenvalue weighted by molar-refractivity contribution is -0.149. The Hall–Kier alpha value is -1.32. The Morgan fingerprint density at radius 3 is 2.59 bits per heavy atom. The Morgan fingerprint density at radius 1 is 1.24 bits per heavy atom. The minimum atomic E-state index is -0.188. The van der Waals surface area contributed by atoms with Crippen LogP contribution in [0.3, 0.4) is 0 Å². The zero-order valence-electron chi connectivity index (χ0n) is 10.2. The molecule has 0 saturated carbocycles. The Morgan fingerprint density at radius 2 is 1.94 bits per heavy atom. The molecule has 0 N–H and O–H groups in total. The van der Waals surface area contributed by atoms with Crippen LogP contribution in [0.25, 0.3) is 0 Å². The average Bonchev–Trinajstić information content (AvgIpc) is 2.91. The Balaban J connectivity index is 1.92. The van der Waals surface area contributed by atoms with Crippen LogP contribution in [0.5, 0.6) is 0 Å². The number of likely N-dealkylation sites (tertiary alicyclic amines) is 1. The smallest absolute Gasteiger partial charge is 0.310 e. The third-order valence-electron chi connectivity index (χ3n) is 3.62. The van der Waals surface area contributed by atoms with Crippen molar-refractivity contribution in [2.75, 3.05) is 20.2 Å². The number of carbonyl (C=O) groups is 2. The lowest BCUT2D eigenvalue weighted by atomic mass is 9.96. The highest BCUT2D eigenvalue weighted by molar-refractivity contribution is 5.81. The largest absolute Gasteiger partial charge is 0.469 e. The normalized spacial score (nSPS) is 25.0. The minimum absolute atomic E-state index is 0.103. The quantitative estimate of drug-likeness (QED) is 0.538. The summed E-state index contributed by atoms with van der Waals surface area (Å²) in [5.41, 5.74) is 0. The van der Waals surface area contributed by atoms with Gasteiger partial charge in [0.2, 0.25) is 5.91 Å². The van der Waals surface area contributed by atoms with Gasteiger partial charge in [-0.2, -0.15) is 0 Å². The summed E-state index contributed by atoms with van der Waals surface area (Å²) in [6.07, 6.45) is 7.54. The van der Waals surface area contributed by atoms with E-state index in [4.69, 9.17) is 4.74 Å². The number of hydrogen-bond donors (Lipinski definition) is 0. The summed E-state index contributed by atoms with van der Waals surface area (Å²) in [5, 5.41) is 0. The van der Waals surface area contributed by atoms with Gasteiger partial charge in [0, 0.05) is 19.0 Å². The van der Waals surface area contributed by atoms with Crippen molar-refractivity contribution in [3.63, 3.8) is 0 Å². The van der Waals surface area contributed by atoms with Gasteiger partial charge >= 0.3 is 5.97 Å². The molecule has 0 spiro atoms. The molecule has 1 amide bonds. The molecule has 1 fully saturated rings. The minimum Gasteiger partial charge on any atom is -0.469 e. The lowest BCUT2D eigenvalue weighted by Crippen LogP contribution is -2.44. The van der Waals surface area contributed by atoms with Gasteiger partial charge in [-0.05, 0) is 25.7 Å². The van der Waals surface area contributed by atoms with Crippen LogP contribution < -0.4 is 0 Å². The molecule has 0 radical (unpaired) electrons. The predicted molar refractivity (Wildman–Crippen MR) is 63.2 cm³/mol. The van der Waals surface area contributed by atoms with Gasteiger partial charge in [0.05, 0.1) is 13.0 Å². The third-order valence-corrected chi connectivity index (χ3v) is 3.62. The number of rotatable bonds is 2. The summed E-state index contributed by atoms with van der Waals surface area (Å²) in [6.45, 7) is 1.31. The molecule has 4 heteroatoms. The second-order valence-electron chi connectivity index (χ2n) is 4.79. The van der Waals surface area contributed by atoms with Crippen LogP contribution in [-0.2, 0) is 14.3 Å². The number of ether oxygens (including phenoxy) is 1. The zero-order chi connectivity index (χ0) is 12.3. The fourth-order valence-electron chi connectivity index (χ4n) is 2.61. The van der Waals surface area contributed by atoms with Crippen molar-refractivity contribution in [2.45, 2.75) is 25.7 Å². The molecule has 0 aromatic heterocycles. The molecule has 1 saturated heterocycles. The van der Waals surface area contributed by atoms with Crippen LogP contribution in [0, 0.1) is 11.8 Å². The molecule has 1 unspecified atom stereocenters. The fourth-order valence-corrected chi connectivity index (χ4v) is 2.61. The molecule has 1 atom stereocenters. The van der Waals surface area contributed by atoms with Crippen molar-refractivity contribution in [2.24, 2.45) is 11.8 Å². The van der Waals surface area contributed by atoms with Gasteiger partial charge in [-0.15, -0.1) is 0 Å².